The monoisotopic (exact) mass is 241 g/mol. The fourth-order valence-electron chi connectivity index (χ4n) is 1.34. The highest BCUT2D eigenvalue weighted by molar-refractivity contribution is 6.30. The third-order valence-corrected chi connectivity index (χ3v) is 3.01. The van der Waals surface area contributed by atoms with Crippen LogP contribution >= 0.6 is 11.6 Å². The molecule has 0 radical (unpaired) electrons. The Kier molecular flexibility index (Phi) is 4.78. The van der Waals surface area contributed by atoms with Crippen LogP contribution in [0.5, 0.6) is 0 Å². The second-order valence-corrected chi connectivity index (χ2v) is 5.05. The predicted molar refractivity (Wildman–Crippen MR) is 69.0 cm³/mol. The first-order chi connectivity index (χ1) is 7.44. The van der Waals surface area contributed by atoms with E-state index in [-0.39, 0.29) is 5.60 Å². The van der Waals surface area contributed by atoms with Crippen molar-refractivity contribution in [3.05, 3.63) is 34.9 Å². The fourth-order valence-corrected chi connectivity index (χ4v) is 1.47. The normalized spacial score (nSPS) is 13.8. The summed E-state index contributed by atoms with van der Waals surface area (Å²) in [7, 11) is 1.73. The van der Waals surface area contributed by atoms with Gasteiger partial charge in [-0.3, -0.25) is 0 Å². The minimum atomic E-state index is -0.138. The molecule has 0 aromatic heterocycles. The number of benzene rings is 1. The van der Waals surface area contributed by atoms with Gasteiger partial charge in [-0.1, -0.05) is 23.7 Å². The first-order valence-corrected chi connectivity index (χ1v) is 5.86. The van der Waals surface area contributed by atoms with Crippen LogP contribution in [0.1, 0.15) is 32.4 Å². The molecule has 1 unspecified atom stereocenters. The van der Waals surface area contributed by atoms with Gasteiger partial charge in [-0.25, -0.2) is 0 Å². The maximum Gasteiger partial charge on any atom is 0.0746 e. The maximum atomic E-state index is 5.85. The van der Waals surface area contributed by atoms with Crippen molar-refractivity contribution < 1.29 is 4.74 Å². The Hall–Kier alpha value is -0.570. The molecule has 0 aliphatic carbocycles. The van der Waals surface area contributed by atoms with Gasteiger partial charge in [0.15, 0.2) is 0 Å². The highest BCUT2D eigenvalue weighted by Crippen LogP contribution is 2.17. The molecular weight excluding hydrogens is 222 g/mol. The predicted octanol–water partition coefficient (Wildman–Crippen LogP) is 3.42. The summed E-state index contributed by atoms with van der Waals surface area (Å²) in [5.74, 6) is 0. The Labute approximate surface area is 103 Å². The van der Waals surface area contributed by atoms with Crippen LogP contribution in [-0.2, 0) is 4.74 Å². The van der Waals surface area contributed by atoms with Crippen LogP contribution in [0.2, 0.25) is 5.02 Å². The van der Waals surface area contributed by atoms with Crippen LogP contribution in [0.3, 0.4) is 0 Å². The van der Waals surface area contributed by atoms with Crippen molar-refractivity contribution in [3.63, 3.8) is 0 Å². The molecule has 1 N–H and O–H groups in total. The summed E-state index contributed by atoms with van der Waals surface area (Å²) in [6.45, 7) is 7.07. The van der Waals surface area contributed by atoms with E-state index in [2.05, 4.69) is 26.1 Å². The fraction of sp³-hybridized carbons (Fsp3) is 0.538. The van der Waals surface area contributed by atoms with E-state index in [4.69, 9.17) is 16.3 Å². The Bertz CT molecular complexity index is 321. The molecule has 90 valence electrons. The standard InChI is InChI=1S/C13H20ClNO/c1-10(15-9-13(2,3)16-4)11-5-7-12(14)8-6-11/h5-8,10,15H,9H2,1-4H3. The van der Waals surface area contributed by atoms with E-state index in [1.165, 1.54) is 5.56 Å². The molecule has 1 aromatic carbocycles. The second-order valence-electron chi connectivity index (χ2n) is 4.62. The average molecular weight is 242 g/mol. The highest BCUT2D eigenvalue weighted by atomic mass is 35.5. The zero-order chi connectivity index (χ0) is 12.2. The summed E-state index contributed by atoms with van der Waals surface area (Å²) in [5, 5.41) is 4.21. The molecule has 0 heterocycles. The van der Waals surface area contributed by atoms with E-state index in [1.54, 1.807) is 7.11 Å². The van der Waals surface area contributed by atoms with Crippen LogP contribution in [0.15, 0.2) is 24.3 Å². The van der Waals surface area contributed by atoms with Gasteiger partial charge in [-0.05, 0) is 38.5 Å². The lowest BCUT2D eigenvalue weighted by Crippen LogP contribution is -2.37. The number of rotatable bonds is 5. The number of halogens is 1. The number of nitrogens with one attached hydrogen (secondary N) is 1. The Morgan fingerprint density at radius 2 is 1.88 bits per heavy atom. The van der Waals surface area contributed by atoms with Crippen molar-refractivity contribution in [1.82, 2.24) is 5.32 Å². The van der Waals surface area contributed by atoms with Gasteiger partial charge < -0.3 is 10.1 Å². The molecule has 2 nitrogen and oxygen atoms in total. The van der Waals surface area contributed by atoms with Crippen LogP contribution in [0, 0.1) is 0 Å². The lowest BCUT2D eigenvalue weighted by molar-refractivity contribution is 0.0214. The van der Waals surface area contributed by atoms with Crippen LogP contribution in [0.4, 0.5) is 0 Å². The van der Waals surface area contributed by atoms with Gasteiger partial charge in [-0.2, -0.15) is 0 Å². The molecule has 0 bridgehead atoms. The zero-order valence-corrected chi connectivity index (χ0v) is 11.1. The quantitative estimate of drug-likeness (QED) is 0.853. The number of ether oxygens (including phenoxy) is 1. The molecular formula is C13H20ClNO. The van der Waals surface area contributed by atoms with Crippen LogP contribution in [-0.4, -0.2) is 19.3 Å². The van der Waals surface area contributed by atoms with Crippen molar-refractivity contribution in [3.8, 4) is 0 Å². The maximum absolute atomic E-state index is 5.85. The molecule has 3 heteroatoms. The van der Waals surface area contributed by atoms with E-state index < -0.39 is 0 Å². The first kappa shape index (κ1) is 13.5. The average Bonchev–Trinajstić information content (AvgIpc) is 2.27. The van der Waals surface area contributed by atoms with Gasteiger partial charge in [0.1, 0.15) is 0 Å². The molecule has 1 atom stereocenters. The van der Waals surface area contributed by atoms with Gasteiger partial charge in [0.05, 0.1) is 5.60 Å². The first-order valence-electron chi connectivity index (χ1n) is 5.48. The van der Waals surface area contributed by atoms with Crippen molar-refractivity contribution in [2.75, 3.05) is 13.7 Å². The van der Waals surface area contributed by atoms with Crippen LogP contribution < -0.4 is 5.32 Å². The molecule has 0 spiro atoms. The molecule has 0 amide bonds. The largest absolute Gasteiger partial charge is 0.377 e. The number of methoxy groups -OCH3 is 1. The minimum absolute atomic E-state index is 0.138. The Morgan fingerprint density at radius 1 is 1.31 bits per heavy atom. The van der Waals surface area contributed by atoms with E-state index in [0.29, 0.717) is 6.04 Å². The molecule has 0 aliphatic heterocycles. The summed E-state index contributed by atoms with van der Waals surface area (Å²) < 4.78 is 5.36. The van der Waals surface area contributed by atoms with Crippen molar-refractivity contribution >= 4 is 11.6 Å². The molecule has 0 saturated carbocycles. The summed E-state index contributed by atoms with van der Waals surface area (Å²) >= 11 is 5.85. The third kappa shape index (κ3) is 4.12. The smallest absolute Gasteiger partial charge is 0.0746 e. The third-order valence-electron chi connectivity index (χ3n) is 2.76. The highest BCUT2D eigenvalue weighted by Gasteiger charge is 2.17. The summed E-state index contributed by atoms with van der Waals surface area (Å²) in [6.07, 6.45) is 0. The van der Waals surface area contributed by atoms with Crippen molar-refractivity contribution in [2.45, 2.75) is 32.4 Å². The lowest BCUT2D eigenvalue weighted by atomic mass is 10.1. The van der Waals surface area contributed by atoms with Crippen molar-refractivity contribution in [2.24, 2.45) is 0 Å². The minimum Gasteiger partial charge on any atom is -0.377 e. The van der Waals surface area contributed by atoms with Gasteiger partial charge in [0.25, 0.3) is 0 Å². The van der Waals surface area contributed by atoms with Gasteiger partial charge in [0, 0.05) is 24.7 Å². The van der Waals surface area contributed by atoms with E-state index in [0.717, 1.165) is 11.6 Å². The topological polar surface area (TPSA) is 21.3 Å². The van der Waals surface area contributed by atoms with E-state index >= 15 is 0 Å². The van der Waals surface area contributed by atoms with Gasteiger partial charge in [0.2, 0.25) is 0 Å². The molecule has 0 fully saturated rings. The number of hydrogen-bond donors (Lipinski definition) is 1. The van der Waals surface area contributed by atoms with Crippen LogP contribution in [0.25, 0.3) is 0 Å². The summed E-state index contributed by atoms with van der Waals surface area (Å²) in [6, 6.07) is 8.21. The van der Waals surface area contributed by atoms with Gasteiger partial charge >= 0.3 is 0 Å². The summed E-state index contributed by atoms with van der Waals surface area (Å²) in [4.78, 5) is 0. The van der Waals surface area contributed by atoms with Gasteiger partial charge in [-0.15, -0.1) is 0 Å². The second kappa shape index (κ2) is 5.67. The zero-order valence-electron chi connectivity index (χ0n) is 10.4. The molecule has 0 aliphatic rings. The molecule has 0 saturated heterocycles. The Morgan fingerprint density at radius 3 is 2.38 bits per heavy atom. The van der Waals surface area contributed by atoms with E-state index in [9.17, 15) is 0 Å². The summed E-state index contributed by atoms with van der Waals surface area (Å²) in [5.41, 5.74) is 1.09. The molecule has 16 heavy (non-hydrogen) atoms. The van der Waals surface area contributed by atoms with E-state index in [1.807, 2.05) is 24.3 Å². The lowest BCUT2D eigenvalue weighted by Gasteiger charge is -2.26. The number of hydrogen-bond acceptors (Lipinski definition) is 2. The molecule has 1 aromatic rings. The SMILES string of the molecule is COC(C)(C)CNC(C)c1ccc(Cl)cc1. The Balaban J connectivity index is 2.53. The van der Waals surface area contributed by atoms with Crippen molar-refractivity contribution in [1.29, 1.82) is 0 Å². The molecule has 1 rings (SSSR count).